The highest BCUT2D eigenvalue weighted by atomic mass is 35.5. The first-order chi connectivity index (χ1) is 8.49. The van der Waals surface area contributed by atoms with Gasteiger partial charge >= 0.3 is 0 Å². The lowest BCUT2D eigenvalue weighted by atomic mass is 10.2. The van der Waals surface area contributed by atoms with Crippen LogP contribution in [0.3, 0.4) is 0 Å². The summed E-state index contributed by atoms with van der Waals surface area (Å²) in [5.74, 6) is 0.297. The summed E-state index contributed by atoms with van der Waals surface area (Å²) < 4.78 is 5.36. The van der Waals surface area contributed by atoms with E-state index in [1.54, 1.807) is 18.2 Å². The summed E-state index contributed by atoms with van der Waals surface area (Å²) in [7, 11) is 0. The molecule has 0 saturated heterocycles. The van der Waals surface area contributed by atoms with Gasteiger partial charge in [0.15, 0.2) is 0 Å². The second kappa shape index (κ2) is 7.24. The predicted molar refractivity (Wildman–Crippen MR) is 73.9 cm³/mol. The molecule has 0 aromatic heterocycles. The van der Waals surface area contributed by atoms with E-state index in [0.717, 1.165) is 0 Å². The number of anilines is 1. The maximum absolute atomic E-state index is 11.8. The molecule has 4 nitrogen and oxygen atoms in total. The van der Waals surface area contributed by atoms with Gasteiger partial charge in [-0.3, -0.25) is 4.79 Å². The lowest BCUT2D eigenvalue weighted by Gasteiger charge is -2.08. The Morgan fingerprint density at radius 1 is 1.44 bits per heavy atom. The van der Waals surface area contributed by atoms with Crippen LogP contribution in [0.25, 0.3) is 0 Å². The lowest BCUT2D eigenvalue weighted by molar-refractivity contribution is 0.0886. The highest BCUT2D eigenvalue weighted by molar-refractivity contribution is 6.31. The molecule has 0 aliphatic carbocycles. The Morgan fingerprint density at radius 2 is 2.17 bits per heavy atom. The minimum absolute atomic E-state index is 0.197. The molecule has 0 fully saturated rings. The molecule has 18 heavy (non-hydrogen) atoms. The summed E-state index contributed by atoms with van der Waals surface area (Å²) in [4.78, 5) is 11.8. The molecule has 0 bridgehead atoms. The molecule has 0 aliphatic rings. The Bertz CT molecular complexity index is 388. The first-order valence-corrected chi connectivity index (χ1v) is 6.29. The molecule has 0 atom stereocenters. The van der Waals surface area contributed by atoms with E-state index >= 15 is 0 Å². The van der Waals surface area contributed by atoms with Gasteiger partial charge in [-0.2, -0.15) is 0 Å². The van der Waals surface area contributed by atoms with Crippen LogP contribution in [0.15, 0.2) is 18.2 Å². The molecular formula is C13H19ClN2O2. The number of rotatable bonds is 6. The molecule has 1 aromatic rings. The van der Waals surface area contributed by atoms with E-state index in [1.165, 1.54) is 0 Å². The Hall–Kier alpha value is -1.26. The topological polar surface area (TPSA) is 64.3 Å². The largest absolute Gasteiger partial charge is 0.399 e. The second-order valence-electron chi connectivity index (χ2n) is 4.50. The van der Waals surface area contributed by atoms with Crippen LogP contribution >= 0.6 is 11.6 Å². The molecule has 1 amide bonds. The quantitative estimate of drug-likeness (QED) is 0.616. The predicted octanol–water partition coefficient (Wildman–Crippen LogP) is 2.32. The Morgan fingerprint density at radius 3 is 2.78 bits per heavy atom. The number of benzene rings is 1. The normalized spacial score (nSPS) is 10.7. The molecule has 1 aromatic carbocycles. The van der Waals surface area contributed by atoms with Crippen LogP contribution in [-0.2, 0) is 4.74 Å². The second-order valence-corrected chi connectivity index (χ2v) is 4.93. The van der Waals surface area contributed by atoms with E-state index in [-0.39, 0.29) is 5.91 Å². The Balaban J connectivity index is 2.36. The van der Waals surface area contributed by atoms with Crippen LogP contribution in [-0.4, -0.2) is 25.7 Å². The van der Waals surface area contributed by atoms with Gasteiger partial charge in [-0.25, -0.2) is 0 Å². The van der Waals surface area contributed by atoms with E-state index in [0.29, 0.717) is 41.9 Å². The third-order valence-corrected chi connectivity index (χ3v) is 2.38. The Kier molecular flexibility index (Phi) is 5.95. The molecule has 0 spiro atoms. The van der Waals surface area contributed by atoms with Crippen LogP contribution in [0.5, 0.6) is 0 Å². The number of halogens is 1. The van der Waals surface area contributed by atoms with Gasteiger partial charge < -0.3 is 15.8 Å². The summed E-state index contributed by atoms with van der Waals surface area (Å²) in [6, 6.07) is 4.78. The van der Waals surface area contributed by atoms with Gasteiger partial charge in [0.25, 0.3) is 5.91 Å². The number of hydrogen-bond acceptors (Lipinski definition) is 3. The molecule has 100 valence electrons. The lowest BCUT2D eigenvalue weighted by Crippen LogP contribution is -2.27. The molecule has 0 radical (unpaired) electrons. The summed E-state index contributed by atoms with van der Waals surface area (Å²) in [6.07, 6.45) is 0. The van der Waals surface area contributed by atoms with Crippen molar-refractivity contribution in [2.24, 2.45) is 5.92 Å². The average molecular weight is 271 g/mol. The minimum atomic E-state index is -0.197. The van der Waals surface area contributed by atoms with Gasteiger partial charge in [-0.1, -0.05) is 25.4 Å². The van der Waals surface area contributed by atoms with E-state index in [2.05, 4.69) is 19.2 Å². The number of nitrogens with one attached hydrogen (secondary N) is 1. The zero-order valence-corrected chi connectivity index (χ0v) is 11.5. The van der Waals surface area contributed by atoms with Gasteiger partial charge in [-0.15, -0.1) is 0 Å². The van der Waals surface area contributed by atoms with Crippen molar-refractivity contribution in [3.8, 4) is 0 Å². The van der Waals surface area contributed by atoms with Crippen LogP contribution in [0.2, 0.25) is 5.02 Å². The number of nitrogens with two attached hydrogens (primary N) is 1. The summed E-state index contributed by atoms with van der Waals surface area (Å²) in [6.45, 7) is 5.82. The van der Waals surface area contributed by atoms with E-state index in [4.69, 9.17) is 22.1 Å². The van der Waals surface area contributed by atoms with E-state index < -0.39 is 0 Å². The molecule has 0 aliphatic heterocycles. The fourth-order valence-electron chi connectivity index (χ4n) is 1.40. The van der Waals surface area contributed by atoms with Crippen molar-refractivity contribution in [3.63, 3.8) is 0 Å². The van der Waals surface area contributed by atoms with E-state index in [9.17, 15) is 4.79 Å². The van der Waals surface area contributed by atoms with Crippen molar-refractivity contribution in [2.75, 3.05) is 25.5 Å². The van der Waals surface area contributed by atoms with Gasteiger partial charge in [0.2, 0.25) is 0 Å². The maximum Gasteiger partial charge on any atom is 0.251 e. The van der Waals surface area contributed by atoms with Crippen molar-refractivity contribution < 1.29 is 9.53 Å². The van der Waals surface area contributed by atoms with Crippen LogP contribution in [0, 0.1) is 5.92 Å². The molecule has 1 rings (SSSR count). The van der Waals surface area contributed by atoms with Crippen molar-refractivity contribution in [1.29, 1.82) is 0 Å². The van der Waals surface area contributed by atoms with Gasteiger partial charge in [0, 0.05) is 29.4 Å². The molecule has 0 unspecified atom stereocenters. The standard InChI is InChI=1S/C13H19ClN2O2/c1-9(2)8-18-4-3-16-13(17)10-5-11(14)7-12(15)6-10/h5-7,9H,3-4,8,15H2,1-2H3,(H,16,17). The number of nitrogen functional groups attached to an aromatic ring is 1. The van der Waals surface area contributed by atoms with Gasteiger partial charge in [0.05, 0.1) is 6.61 Å². The fraction of sp³-hybridized carbons (Fsp3) is 0.462. The van der Waals surface area contributed by atoms with Crippen molar-refractivity contribution in [2.45, 2.75) is 13.8 Å². The first-order valence-electron chi connectivity index (χ1n) is 5.91. The number of ether oxygens (including phenoxy) is 1. The molecule has 5 heteroatoms. The monoisotopic (exact) mass is 270 g/mol. The van der Waals surface area contributed by atoms with E-state index in [1.807, 2.05) is 0 Å². The molecule has 0 saturated carbocycles. The van der Waals surface area contributed by atoms with Crippen molar-refractivity contribution >= 4 is 23.2 Å². The first kappa shape index (κ1) is 14.8. The fourth-order valence-corrected chi connectivity index (χ4v) is 1.64. The van der Waals surface area contributed by atoms with Crippen LogP contribution in [0.1, 0.15) is 24.2 Å². The summed E-state index contributed by atoms with van der Waals surface area (Å²) in [5, 5.41) is 3.20. The highest BCUT2D eigenvalue weighted by Crippen LogP contribution is 2.16. The number of hydrogen-bond donors (Lipinski definition) is 2. The third kappa shape index (κ3) is 5.38. The van der Waals surface area contributed by atoms with Crippen LogP contribution < -0.4 is 11.1 Å². The summed E-state index contributed by atoms with van der Waals surface area (Å²) >= 11 is 5.83. The SMILES string of the molecule is CC(C)COCCNC(=O)c1cc(N)cc(Cl)c1. The highest BCUT2D eigenvalue weighted by Gasteiger charge is 2.06. The molecular weight excluding hydrogens is 252 g/mol. The average Bonchev–Trinajstić information content (AvgIpc) is 2.26. The Labute approximate surface area is 112 Å². The maximum atomic E-state index is 11.8. The number of carbonyl (C=O) groups is 1. The zero-order valence-electron chi connectivity index (χ0n) is 10.7. The van der Waals surface area contributed by atoms with Gasteiger partial charge in [0.1, 0.15) is 0 Å². The van der Waals surface area contributed by atoms with Crippen molar-refractivity contribution in [3.05, 3.63) is 28.8 Å². The smallest absolute Gasteiger partial charge is 0.251 e. The minimum Gasteiger partial charge on any atom is -0.399 e. The van der Waals surface area contributed by atoms with Crippen molar-refractivity contribution in [1.82, 2.24) is 5.32 Å². The number of carbonyl (C=O) groups excluding carboxylic acids is 1. The molecule has 3 N–H and O–H groups in total. The third-order valence-electron chi connectivity index (χ3n) is 2.17. The number of amides is 1. The molecule has 0 heterocycles. The van der Waals surface area contributed by atoms with Crippen LogP contribution in [0.4, 0.5) is 5.69 Å². The zero-order chi connectivity index (χ0) is 13.5. The van der Waals surface area contributed by atoms with Gasteiger partial charge in [-0.05, 0) is 24.1 Å². The summed E-state index contributed by atoms with van der Waals surface area (Å²) in [5.41, 5.74) is 6.56.